The summed E-state index contributed by atoms with van der Waals surface area (Å²) >= 11 is 12.1. The molecule has 0 aliphatic rings. The molecule has 0 unspecified atom stereocenters. The SMILES string of the molecule is Clc1ccc(CNc2ccc(-c3nc4ccccc4o3)cc2)c(Cl)c1. The van der Waals surface area contributed by atoms with E-state index in [0.29, 0.717) is 22.5 Å². The second kappa shape index (κ2) is 6.79. The van der Waals surface area contributed by atoms with E-state index in [1.165, 1.54) is 0 Å². The van der Waals surface area contributed by atoms with Gasteiger partial charge in [-0.25, -0.2) is 4.98 Å². The fourth-order valence-corrected chi connectivity index (χ4v) is 3.06. The molecule has 0 spiro atoms. The average Bonchev–Trinajstić information content (AvgIpc) is 3.05. The van der Waals surface area contributed by atoms with Crippen LogP contribution in [0.1, 0.15) is 5.56 Å². The summed E-state index contributed by atoms with van der Waals surface area (Å²) in [7, 11) is 0. The maximum atomic E-state index is 6.19. The molecule has 124 valence electrons. The van der Waals surface area contributed by atoms with Gasteiger partial charge in [-0.1, -0.05) is 41.4 Å². The van der Waals surface area contributed by atoms with Gasteiger partial charge < -0.3 is 9.73 Å². The molecule has 25 heavy (non-hydrogen) atoms. The third-order valence-electron chi connectivity index (χ3n) is 3.92. The highest BCUT2D eigenvalue weighted by molar-refractivity contribution is 6.35. The first kappa shape index (κ1) is 16.0. The Morgan fingerprint density at radius 2 is 1.72 bits per heavy atom. The number of hydrogen-bond donors (Lipinski definition) is 1. The Balaban J connectivity index is 1.49. The van der Waals surface area contributed by atoms with E-state index in [9.17, 15) is 0 Å². The lowest BCUT2D eigenvalue weighted by atomic mass is 10.2. The zero-order valence-electron chi connectivity index (χ0n) is 13.2. The lowest BCUT2D eigenvalue weighted by Gasteiger charge is -2.08. The van der Waals surface area contributed by atoms with Gasteiger partial charge in [0.2, 0.25) is 5.89 Å². The minimum absolute atomic E-state index is 0.619. The third kappa shape index (κ3) is 3.48. The Morgan fingerprint density at radius 3 is 2.48 bits per heavy atom. The third-order valence-corrected chi connectivity index (χ3v) is 4.51. The normalized spacial score (nSPS) is 11.0. The van der Waals surface area contributed by atoms with Gasteiger partial charge in [-0.2, -0.15) is 0 Å². The van der Waals surface area contributed by atoms with Gasteiger partial charge >= 0.3 is 0 Å². The van der Waals surface area contributed by atoms with Crippen LogP contribution in [-0.2, 0) is 6.54 Å². The number of halogens is 2. The first-order chi connectivity index (χ1) is 12.2. The van der Waals surface area contributed by atoms with Crippen LogP contribution >= 0.6 is 23.2 Å². The van der Waals surface area contributed by atoms with Crippen molar-refractivity contribution in [3.05, 3.63) is 82.3 Å². The van der Waals surface area contributed by atoms with Crippen LogP contribution < -0.4 is 5.32 Å². The van der Waals surface area contributed by atoms with Gasteiger partial charge in [-0.3, -0.25) is 0 Å². The van der Waals surface area contributed by atoms with Crippen molar-refractivity contribution in [1.82, 2.24) is 4.98 Å². The fourth-order valence-electron chi connectivity index (χ4n) is 2.59. The Bertz CT molecular complexity index is 992. The predicted octanol–water partition coefficient (Wildman–Crippen LogP) is 6.41. The number of rotatable bonds is 4. The van der Waals surface area contributed by atoms with E-state index in [2.05, 4.69) is 10.3 Å². The van der Waals surface area contributed by atoms with E-state index in [1.54, 1.807) is 6.07 Å². The summed E-state index contributed by atoms with van der Waals surface area (Å²) < 4.78 is 5.79. The first-order valence-corrected chi connectivity index (χ1v) is 8.58. The topological polar surface area (TPSA) is 38.1 Å². The highest BCUT2D eigenvalue weighted by Gasteiger charge is 2.07. The highest BCUT2D eigenvalue weighted by Crippen LogP contribution is 2.26. The molecule has 3 aromatic carbocycles. The lowest BCUT2D eigenvalue weighted by Crippen LogP contribution is -1.99. The van der Waals surface area contributed by atoms with Gasteiger partial charge in [0.15, 0.2) is 5.58 Å². The predicted molar refractivity (Wildman–Crippen MR) is 103 cm³/mol. The maximum absolute atomic E-state index is 6.19. The van der Waals surface area contributed by atoms with Crippen molar-refractivity contribution in [2.75, 3.05) is 5.32 Å². The van der Waals surface area contributed by atoms with Crippen LogP contribution in [0, 0.1) is 0 Å². The number of nitrogens with one attached hydrogen (secondary N) is 1. The van der Waals surface area contributed by atoms with Crippen LogP contribution in [0.25, 0.3) is 22.6 Å². The Hall–Kier alpha value is -2.49. The van der Waals surface area contributed by atoms with Crippen molar-refractivity contribution in [1.29, 1.82) is 0 Å². The van der Waals surface area contributed by atoms with Crippen LogP contribution in [0.5, 0.6) is 0 Å². The minimum atomic E-state index is 0.619. The summed E-state index contributed by atoms with van der Waals surface area (Å²) in [4.78, 5) is 4.51. The Morgan fingerprint density at radius 1 is 0.920 bits per heavy atom. The summed E-state index contributed by atoms with van der Waals surface area (Å²) in [5, 5.41) is 4.64. The van der Waals surface area contributed by atoms with Crippen molar-refractivity contribution in [3.63, 3.8) is 0 Å². The molecule has 0 atom stereocenters. The molecular formula is C20H14Cl2N2O. The molecule has 1 heterocycles. The molecule has 4 rings (SSSR count). The Kier molecular flexibility index (Phi) is 4.35. The quantitative estimate of drug-likeness (QED) is 0.451. The van der Waals surface area contributed by atoms with Crippen LogP contribution in [0.15, 0.2) is 71.1 Å². The average molecular weight is 369 g/mol. The summed E-state index contributed by atoms with van der Waals surface area (Å²) in [6, 6.07) is 21.2. The summed E-state index contributed by atoms with van der Waals surface area (Å²) in [6.45, 7) is 0.623. The number of hydrogen-bond acceptors (Lipinski definition) is 3. The molecule has 1 N–H and O–H groups in total. The number of benzene rings is 3. The molecule has 0 aliphatic carbocycles. The molecular weight excluding hydrogens is 355 g/mol. The van der Waals surface area contributed by atoms with Gasteiger partial charge in [0.05, 0.1) is 0 Å². The van der Waals surface area contributed by atoms with Gasteiger partial charge in [0, 0.05) is 27.8 Å². The van der Waals surface area contributed by atoms with Gasteiger partial charge in [0.1, 0.15) is 5.52 Å². The molecule has 0 radical (unpaired) electrons. The zero-order valence-corrected chi connectivity index (χ0v) is 14.7. The summed E-state index contributed by atoms with van der Waals surface area (Å²) in [6.07, 6.45) is 0. The molecule has 0 bridgehead atoms. The fraction of sp³-hybridized carbons (Fsp3) is 0.0500. The van der Waals surface area contributed by atoms with E-state index in [0.717, 1.165) is 27.9 Å². The van der Waals surface area contributed by atoms with Crippen molar-refractivity contribution in [2.24, 2.45) is 0 Å². The van der Waals surface area contributed by atoms with Gasteiger partial charge in [0.25, 0.3) is 0 Å². The molecule has 0 aliphatic heterocycles. The smallest absolute Gasteiger partial charge is 0.227 e. The minimum Gasteiger partial charge on any atom is -0.436 e. The van der Waals surface area contributed by atoms with Crippen molar-refractivity contribution >= 4 is 40.0 Å². The molecule has 1 aromatic heterocycles. The molecule has 0 saturated carbocycles. The van der Waals surface area contributed by atoms with Crippen molar-refractivity contribution in [3.8, 4) is 11.5 Å². The number of anilines is 1. The molecule has 0 saturated heterocycles. The standard InChI is InChI=1S/C20H14Cl2N2O/c21-15-8-5-14(17(22)11-15)12-23-16-9-6-13(7-10-16)20-24-18-3-1-2-4-19(18)25-20/h1-11,23H,12H2. The molecule has 3 nitrogen and oxygen atoms in total. The Labute approximate surface area is 155 Å². The van der Waals surface area contributed by atoms with Gasteiger partial charge in [-0.05, 0) is 54.1 Å². The number of para-hydroxylation sites is 2. The van der Waals surface area contributed by atoms with Crippen LogP contribution in [0.4, 0.5) is 5.69 Å². The van der Waals surface area contributed by atoms with E-state index in [4.69, 9.17) is 27.6 Å². The van der Waals surface area contributed by atoms with E-state index < -0.39 is 0 Å². The lowest BCUT2D eigenvalue weighted by molar-refractivity contribution is 0.620. The van der Waals surface area contributed by atoms with Gasteiger partial charge in [-0.15, -0.1) is 0 Å². The number of fused-ring (bicyclic) bond motifs is 1. The number of oxazole rings is 1. The van der Waals surface area contributed by atoms with Crippen molar-refractivity contribution < 1.29 is 4.42 Å². The van der Waals surface area contributed by atoms with Crippen LogP contribution in [0.3, 0.4) is 0 Å². The van der Waals surface area contributed by atoms with Crippen LogP contribution in [-0.4, -0.2) is 4.98 Å². The second-order valence-corrected chi connectivity index (χ2v) is 6.50. The summed E-state index contributed by atoms with van der Waals surface area (Å²) in [5.74, 6) is 0.619. The molecule has 0 amide bonds. The highest BCUT2D eigenvalue weighted by atomic mass is 35.5. The van der Waals surface area contributed by atoms with Crippen molar-refractivity contribution in [2.45, 2.75) is 6.54 Å². The number of aromatic nitrogens is 1. The maximum Gasteiger partial charge on any atom is 0.227 e. The monoisotopic (exact) mass is 368 g/mol. The van der Waals surface area contributed by atoms with E-state index >= 15 is 0 Å². The molecule has 5 heteroatoms. The number of nitrogens with zero attached hydrogens (tertiary/aromatic N) is 1. The van der Waals surface area contributed by atoms with Crippen LogP contribution in [0.2, 0.25) is 10.0 Å². The molecule has 4 aromatic rings. The zero-order chi connectivity index (χ0) is 17.2. The molecule has 0 fully saturated rings. The van der Waals surface area contributed by atoms with E-state index in [-0.39, 0.29) is 0 Å². The largest absolute Gasteiger partial charge is 0.436 e. The second-order valence-electron chi connectivity index (χ2n) is 5.65. The first-order valence-electron chi connectivity index (χ1n) is 7.83. The van der Waals surface area contributed by atoms with E-state index in [1.807, 2.05) is 60.7 Å². The summed E-state index contributed by atoms with van der Waals surface area (Å²) in [5.41, 5.74) is 4.57.